The van der Waals surface area contributed by atoms with Crippen molar-refractivity contribution >= 4 is 136 Å². The van der Waals surface area contributed by atoms with Crippen LogP contribution in [0.3, 0.4) is 0 Å². The van der Waals surface area contributed by atoms with Crippen molar-refractivity contribution in [3.63, 3.8) is 0 Å². The molecular formula is C50H30ClF6N11O6S4. The summed E-state index contributed by atoms with van der Waals surface area (Å²) in [6.07, 6.45) is 7.58. The molecule has 0 fully saturated rings. The number of rotatable bonds is 9. The number of aromatic amines is 3. The van der Waals surface area contributed by atoms with Gasteiger partial charge in [0.2, 0.25) is 0 Å². The standard InChI is InChI=1S/C19H12FN3O2S.C17H11N5O2S2.C14H7ClF5N3O2S/c1-2-12-5-8-16(15(20)10-12)23-26(24,25)17-11-22-19-14(17)7-6-13-4-3-9-21-18(13)19;23-26(24,22-13-5-1-4-12-17(13)21-25-20-12)14-9-19-16-11(14)7-6-10-3-2-8-18-15(10)16;15-7-3-9(17)10(4-8(7)16)23-26(24,25)11-5-21-13-6(11)1-2-12(22-13)14(18,19)20/h1,3-11,21,23H;1-9,18,22H;1-5,23H,(H,21,22). The first kappa shape index (κ1) is 52.6. The molecule has 78 heavy (non-hydrogen) atoms. The highest BCUT2D eigenvalue weighted by Crippen LogP contribution is 2.35. The summed E-state index contributed by atoms with van der Waals surface area (Å²) in [5.74, 6) is -0.630. The Labute approximate surface area is 445 Å². The second-order valence-electron chi connectivity index (χ2n) is 16.5. The Morgan fingerprint density at radius 1 is 0.577 bits per heavy atom. The van der Waals surface area contributed by atoms with Gasteiger partial charge in [0.25, 0.3) is 30.1 Å². The smallest absolute Gasteiger partial charge is 0.359 e. The van der Waals surface area contributed by atoms with Gasteiger partial charge in [0.05, 0.1) is 55.9 Å². The zero-order valence-electron chi connectivity index (χ0n) is 38.8. The monoisotopic (exact) mass is 1160 g/mol. The molecule has 12 rings (SSSR count). The van der Waals surface area contributed by atoms with E-state index in [1.54, 1.807) is 48.8 Å². The van der Waals surface area contributed by atoms with Crippen LogP contribution in [-0.2, 0) is 36.2 Å². The first-order valence-electron chi connectivity index (χ1n) is 22.1. The number of pyridine rings is 3. The van der Waals surface area contributed by atoms with Crippen LogP contribution >= 0.6 is 23.3 Å². The lowest BCUT2D eigenvalue weighted by molar-refractivity contribution is -0.141. The van der Waals surface area contributed by atoms with Crippen molar-refractivity contribution in [3.05, 3.63) is 174 Å². The van der Waals surface area contributed by atoms with Gasteiger partial charge in [-0.25, -0.2) is 43.4 Å². The Hall–Kier alpha value is -8.81. The number of benzene rings is 5. The number of sulfonamides is 3. The molecular weight excluding hydrogens is 1130 g/mol. The number of hydrogen-bond donors (Lipinski definition) is 6. The summed E-state index contributed by atoms with van der Waals surface area (Å²) in [6, 6.07) is 26.4. The summed E-state index contributed by atoms with van der Waals surface area (Å²) in [5, 5.41) is 2.20. The van der Waals surface area contributed by atoms with Gasteiger partial charge in [0.15, 0.2) is 0 Å². The minimum absolute atomic E-state index is 0.0212. The summed E-state index contributed by atoms with van der Waals surface area (Å²) in [7, 11) is -12.3. The maximum atomic E-state index is 14.1. The van der Waals surface area contributed by atoms with Crippen LogP contribution in [0, 0.1) is 29.8 Å². The van der Waals surface area contributed by atoms with Gasteiger partial charge in [-0.3, -0.25) is 24.1 Å². The fourth-order valence-corrected chi connectivity index (χ4v) is 12.3. The second kappa shape index (κ2) is 20.3. The summed E-state index contributed by atoms with van der Waals surface area (Å²) in [4.78, 5) is 20.0. The third-order valence-electron chi connectivity index (χ3n) is 11.6. The molecule has 12 aromatic rings. The van der Waals surface area contributed by atoms with Gasteiger partial charge < -0.3 is 15.0 Å². The van der Waals surface area contributed by atoms with Gasteiger partial charge in [0, 0.05) is 69.5 Å². The van der Waals surface area contributed by atoms with E-state index in [1.165, 1.54) is 24.5 Å². The van der Waals surface area contributed by atoms with E-state index in [9.17, 15) is 51.6 Å². The Kier molecular flexibility index (Phi) is 13.7. The maximum absolute atomic E-state index is 14.1. The van der Waals surface area contributed by atoms with Crippen LogP contribution in [0.2, 0.25) is 5.02 Å². The summed E-state index contributed by atoms with van der Waals surface area (Å²) >= 11 is 6.43. The van der Waals surface area contributed by atoms with Gasteiger partial charge >= 0.3 is 6.18 Å². The molecule has 5 aromatic carbocycles. The molecule has 0 aliphatic carbocycles. The molecule has 7 heterocycles. The minimum atomic E-state index is -4.71. The van der Waals surface area contributed by atoms with Crippen molar-refractivity contribution in [1.82, 2.24) is 38.7 Å². The SMILES string of the molecule is C#Cc1ccc(NS(=O)(=O)c2cnc3c2ccc2ccc[nH]c23)c(F)c1.O=S(=O)(Nc1cc(F)c(Cl)cc1F)c1c[nH]c2nc(C(F)(F)F)ccc12.O=S(=O)(Nc1cccc2nsnc12)c1cnc2c1ccc1ccc[nH]c12. The van der Waals surface area contributed by atoms with Gasteiger partial charge in [-0.05, 0) is 60.7 Å². The second-order valence-corrected chi connectivity index (χ2v) is 22.4. The number of terminal acetylenes is 1. The largest absolute Gasteiger partial charge is 0.433 e. The van der Waals surface area contributed by atoms with Crippen LogP contribution in [0.5, 0.6) is 0 Å². The molecule has 0 aliphatic rings. The van der Waals surface area contributed by atoms with Crippen molar-refractivity contribution in [2.75, 3.05) is 14.2 Å². The number of alkyl halides is 3. The van der Waals surface area contributed by atoms with Crippen LogP contribution in [0.4, 0.5) is 43.4 Å². The molecule has 17 nitrogen and oxygen atoms in total. The van der Waals surface area contributed by atoms with E-state index in [1.807, 2.05) is 35.1 Å². The number of nitrogens with zero attached hydrogens (tertiary/aromatic N) is 5. The lowest BCUT2D eigenvalue weighted by atomic mass is 10.1. The fraction of sp³-hybridized carbons (Fsp3) is 0.0200. The molecule has 0 unspecified atom stereocenters. The van der Waals surface area contributed by atoms with Crippen LogP contribution in [0.15, 0.2) is 155 Å². The van der Waals surface area contributed by atoms with Crippen molar-refractivity contribution in [3.8, 4) is 12.3 Å². The number of H-pyrrole nitrogens is 3. The molecule has 0 bridgehead atoms. The normalized spacial score (nSPS) is 12.1. The van der Waals surface area contributed by atoms with E-state index in [4.69, 9.17) is 18.0 Å². The number of hydrogen-bond acceptors (Lipinski definition) is 12. The van der Waals surface area contributed by atoms with Crippen molar-refractivity contribution in [2.45, 2.75) is 20.9 Å². The number of nitrogens with one attached hydrogen (secondary N) is 6. The molecule has 0 saturated heterocycles. The lowest BCUT2D eigenvalue weighted by Crippen LogP contribution is -2.14. The molecule has 6 N–H and O–H groups in total. The van der Waals surface area contributed by atoms with Crippen LogP contribution in [-0.4, -0.2) is 63.9 Å². The Bertz CT molecular complexity index is 4760. The predicted octanol–water partition coefficient (Wildman–Crippen LogP) is 11.5. The molecule has 0 radical (unpaired) electrons. The molecule has 0 atom stereocenters. The summed E-state index contributed by atoms with van der Waals surface area (Å²) in [6.45, 7) is 0. The predicted molar refractivity (Wildman–Crippen MR) is 284 cm³/mol. The van der Waals surface area contributed by atoms with Crippen LogP contribution in [0.1, 0.15) is 11.3 Å². The first-order valence-corrected chi connectivity index (χ1v) is 27.6. The van der Waals surface area contributed by atoms with Crippen LogP contribution < -0.4 is 14.2 Å². The molecule has 394 valence electrons. The third kappa shape index (κ3) is 10.3. The van der Waals surface area contributed by atoms with E-state index >= 15 is 0 Å². The highest BCUT2D eigenvalue weighted by atomic mass is 35.5. The molecule has 28 heteroatoms. The third-order valence-corrected chi connectivity index (χ3v) is 16.6. The average Bonchev–Trinajstić information content (AvgIpc) is 4.31. The molecule has 0 saturated carbocycles. The molecule has 0 aliphatic heterocycles. The van der Waals surface area contributed by atoms with E-state index in [-0.39, 0.29) is 26.5 Å². The van der Waals surface area contributed by atoms with E-state index in [0.717, 1.165) is 51.9 Å². The Morgan fingerprint density at radius 3 is 1.76 bits per heavy atom. The van der Waals surface area contributed by atoms with Crippen LogP contribution in [0.25, 0.3) is 65.7 Å². The number of aromatic nitrogens is 8. The number of anilines is 3. The highest BCUT2D eigenvalue weighted by Gasteiger charge is 2.34. The summed E-state index contributed by atoms with van der Waals surface area (Å²) in [5.41, 5.74) is 2.18. The summed E-state index contributed by atoms with van der Waals surface area (Å²) < 4.78 is 171. The topological polar surface area (TPSA) is 250 Å². The molecule has 7 aromatic heterocycles. The van der Waals surface area contributed by atoms with Gasteiger partial charge in [-0.2, -0.15) is 21.9 Å². The van der Waals surface area contributed by atoms with E-state index in [2.05, 4.69) is 54.0 Å². The average molecular weight is 1160 g/mol. The molecule has 0 amide bonds. The number of fused-ring (bicyclic) bond motifs is 8. The zero-order chi connectivity index (χ0) is 55.3. The van der Waals surface area contributed by atoms with E-state index < -0.39 is 75.0 Å². The quantitative estimate of drug-likeness (QED) is 0.0450. The minimum Gasteiger partial charge on any atom is -0.359 e. The van der Waals surface area contributed by atoms with Crippen molar-refractivity contribution in [2.24, 2.45) is 0 Å². The van der Waals surface area contributed by atoms with Crippen molar-refractivity contribution < 1.29 is 51.6 Å². The fourth-order valence-electron chi connectivity index (χ4n) is 7.98. The first-order chi connectivity index (χ1) is 37.1. The number of halogens is 7. The molecule has 0 spiro atoms. The van der Waals surface area contributed by atoms with E-state index in [0.29, 0.717) is 62.3 Å². The Balaban J connectivity index is 0.000000132. The van der Waals surface area contributed by atoms with Crippen molar-refractivity contribution in [1.29, 1.82) is 0 Å². The van der Waals surface area contributed by atoms with Gasteiger partial charge in [0.1, 0.15) is 54.5 Å². The lowest BCUT2D eigenvalue weighted by Gasteiger charge is -2.09. The van der Waals surface area contributed by atoms with Gasteiger partial charge in [-0.1, -0.05) is 60.0 Å². The zero-order valence-corrected chi connectivity index (χ0v) is 42.8. The van der Waals surface area contributed by atoms with Gasteiger partial charge in [-0.15, -0.1) is 6.42 Å². The Morgan fingerprint density at radius 2 is 1.15 bits per heavy atom. The highest BCUT2D eigenvalue weighted by molar-refractivity contribution is 7.93. The maximum Gasteiger partial charge on any atom is 0.433 e.